The van der Waals surface area contributed by atoms with Crippen LogP contribution in [0, 0.1) is 17.6 Å². The van der Waals surface area contributed by atoms with E-state index >= 15 is 0 Å². The Labute approximate surface area is 234 Å². The number of carbonyl (C=O) groups is 2. The number of carbonyl (C=O) groups excluding carboxylic acids is 2. The van der Waals surface area contributed by atoms with Crippen LogP contribution in [0.2, 0.25) is 0 Å². The molecule has 1 unspecified atom stereocenters. The van der Waals surface area contributed by atoms with Crippen molar-refractivity contribution in [2.24, 2.45) is 5.92 Å². The van der Waals surface area contributed by atoms with Crippen LogP contribution in [0.4, 0.5) is 14.5 Å². The predicted octanol–water partition coefficient (Wildman–Crippen LogP) is 5.42. The van der Waals surface area contributed by atoms with Crippen LogP contribution >= 0.6 is 11.3 Å². The van der Waals surface area contributed by atoms with Crippen molar-refractivity contribution < 1.29 is 26.8 Å². The number of thiazole rings is 1. The SMILES string of the molecule is CCN(C(=O)C(Cc1csc(-c2ccc(F)cc2F)n1)C(=O)NS(=O)(=O)C=Cc1ccccc1)c1ccccc1. The minimum absolute atomic E-state index is 0.0677. The molecule has 40 heavy (non-hydrogen) atoms. The van der Waals surface area contributed by atoms with Crippen molar-refractivity contribution in [3.8, 4) is 10.6 Å². The molecule has 7 nitrogen and oxygen atoms in total. The van der Waals surface area contributed by atoms with E-state index in [2.05, 4.69) is 4.98 Å². The number of sulfonamides is 1. The minimum atomic E-state index is -4.25. The van der Waals surface area contributed by atoms with Crippen molar-refractivity contribution in [1.82, 2.24) is 9.71 Å². The third-order valence-corrected chi connectivity index (χ3v) is 7.78. The molecule has 11 heteroatoms. The Kier molecular flexibility index (Phi) is 9.18. The van der Waals surface area contributed by atoms with Crippen LogP contribution in [0.15, 0.2) is 89.7 Å². The predicted molar refractivity (Wildman–Crippen MR) is 152 cm³/mol. The molecular formula is C29H25F2N3O4S2. The van der Waals surface area contributed by atoms with Gasteiger partial charge >= 0.3 is 0 Å². The fraction of sp³-hybridized carbons (Fsp3) is 0.138. The fourth-order valence-corrected chi connectivity index (χ4v) is 5.61. The maximum Gasteiger partial charge on any atom is 0.257 e. The smallest absolute Gasteiger partial charge is 0.257 e. The van der Waals surface area contributed by atoms with Crippen molar-refractivity contribution in [2.45, 2.75) is 13.3 Å². The summed E-state index contributed by atoms with van der Waals surface area (Å²) in [6.45, 7) is 1.95. The van der Waals surface area contributed by atoms with Gasteiger partial charge in [0.2, 0.25) is 11.8 Å². The number of anilines is 1. The minimum Gasteiger partial charge on any atom is -0.312 e. The Bertz CT molecular complexity index is 1630. The van der Waals surface area contributed by atoms with Gasteiger partial charge in [0.1, 0.15) is 22.6 Å². The van der Waals surface area contributed by atoms with Gasteiger partial charge in [-0.1, -0.05) is 48.5 Å². The number of hydrogen-bond acceptors (Lipinski definition) is 6. The number of hydrogen-bond donors (Lipinski definition) is 1. The highest BCUT2D eigenvalue weighted by atomic mass is 32.2. The number of para-hydroxylation sites is 1. The molecule has 0 aliphatic carbocycles. The summed E-state index contributed by atoms with van der Waals surface area (Å²) in [5.41, 5.74) is 1.49. The topological polar surface area (TPSA) is 96.4 Å². The number of aromatic nitrogens is 1. The first-order chi connectivity index (χ1) is 19.2. The number of benzene rings is 3. The van der Waals surface area contributed by atoms with Crippen LogP contribution in [0.3, 0.4) is 0 Å². The Morgan fingerprint density at radius 3 is 2.35 bits per heavy atom. The van der Waals surface area contributed by atoms with E-state index in [-0.39, 0.29) is 29.2 Å². The first-order valence-corrected chi connectivity index (χ1v) is 14.7. The van der Waals surface area contributed by atoms with Gasteiger partial charge in [-0.05, 0) is 42.8 Å². The lowest BCUT2D eigenvalue weighted by Gasteiger charge is -2.25. The molecule has 0 spiro atoms. The molecule has 0 bridgehead atoms. The zero-order valence-corrected chi connectivity index (χ0v) is 23.0. The van der Waals surface area contributed by atoms with E-state index in [0.29, 0.717) is 11.3 Å². The van der Waals surface area contributed by atoms with Gasteiger partial charge in [0.05, 0.1) is 11.1 Å². The summed E-state index contributed by atoms with van der Waals surface area (Å²) in [6, 6.07) is 20.4. The summed E-state index contributed by atoms with van der Waals surface area (Å²) < 4.78 is 55.1. The maximum absolute atomic E-state index is 14.3. The average molecular weight is 582 g/mol. The van der Waals surface area contributed by atoms with Crippen LogP contribution < -0.4 is 9.62 Å². The van der Waals surface area contributed by atoms with E-state index in [1.807, 2.05) is 4.72 Å². The lowest BCUT2D eigenvalue weighted by atomic mass is 10.0. The highest BCUT2D eigenvalue weighted by Gasteiger charge is 2.34. The lowest BCUT2D eigenvalue weighted by Crippen LogP contribution is -2.46. The standard InChI is InChI=1S/C29H25F2N3O4S2/c1-2-34(23-11-7-4-8-12-23)29(36)25(27(35)33-40(37,38)16-15-20-9-5-3-6-10-20)18-22-19-39-28(32-22)24-14-13-21(30)17-26(24)31/h3-17,19,25H,2,18H2,1H3,(H,33,35). The van der Waals surface area contributed by atoms with Gasteiger partial charge in [0.25, 0.3) is 10.0 Å². The maximum atomic E-state index is 14.3. The summed E-state index contributed by atoms with van der Waals surface area (Å²) in [5, 5.41) is 2.64. The number of amides is 2. The second-order valence-electron chi connectivity index (χ2n) is 8.67. The van der Waals surface area contributed by atoms with Crippen LogP contribution in [0.25, 0.3) is 16.6 Å². The van der Waals surface area contributed by atoms with E-state index in [1.165, 1.54) is 17.0 Å². The molecule has 1 aromatic heterocycles. The molecule has 4 aromatic rings. The molecule has 0 aliphatic rings. The number of nitrogens with one attached hydrogen (secondary N) is 1. The normalized spacial score (nSPS) is 12.3. The van der Waals surface area contributed by atoms with Crippen molar-refractivity contribution in [1.29, 1.82) is 0 Å². The quantitative estimate of drug-likeness (QED) is 0.253. The second-order valence-corrected chi connectivity index (χ2v) is 11.1. The molecule has 1 N–H and O–H groups in total. The van der Waals surface area contributed by atoms with Gasteiger partial charge in [-0.3, -0.25) is 9.59 Å². The third kappa shape index (κ3) is 7.25. The zero-order valence-electron chi connectivity index (χ0n) is 21.3. The van der Waals surface area contributed by atoms with E-state index in [0.717, 1.165) is 28.9 Å². The van der Waals surface area contributed by atoms with E-state index in [1.54, 1.807) is 73.0 Å². The summed E-state index contributed by atoms with van der Waals surface area (Å²) in [6.07, 6.45) is 1.09. The number of halogens is 2. The molecule has 3 aromatic carbocycles. The van der Waals surface area contributed by atoms with Crippen LogP contribution in [0.5, 0.6) is 0 Å². The van der Waals surface area contributed by atoms with Gasteiger partial charge in [0, 0.05) is 35.7 Å². The Morgan fingerprint density at radius 2 is 1.70 bits per heavy atom. The number of rotatable bonds is 10. The van der Waals surface area contributed by atoms with Gasteiger partial charge in [0.15, 0.2) is 0 Å². The van der Waals surface area contributed by atoms with Crippen LogP contribution in [-0.2, 0) is 26.0 Å². The molecule has 0 saturated heterocycles. The third-order valence-electron chi connectivity index (χ3n) is 5.87. The molecule has 206 valence electrons. The second kappa shape index (κ2) is 12.8. The summed E-state index contributed by atoms with van der Waals surface area (Å²) in [4.78, 5) is 32.7. The Morgan fingerprint density at radius 1 is 1.02 bits per heavy atom. The molecule has 0 aliphatic heterocycles. The van der Waals surface area contributed by atoms with Gasteiger partial charge in [-0.25, -0.2) is 26.9 Å². The van der Waals surface area contributed by atoms with Crippen LogP contribution in [-0.4, -0.2) is 31.8 Å². The van der Waals surface area contributed by atoms with E-state index in [4.69, 9.17) is 0 Å². The van der Waals surface area contributed by atoms with Crippen molar-refractivity contribution in [3.05, 3.63) is 113 Å². The molecule has 1 atom stereocenters. The fourth-order valence-electron chi connectivity index (χ4n) is 3.93. The van der Waals surface area contributed by atoms with Gasteiger partial charge in [-0.15, -0.1) is 11.3 Å². The number of nitrogens with zero attached hydrogens (tertiary/aromatic N) is 2. The molecule has 4 rings (SSSR count). The molecule has 0 radical (unpaired) electrons. The zero-order chi connectivity index (χ0) is 28.7. The molecule has 1 heterocycles. The van der Waals surface area contributed by atoms with Gasteiger partial charge in [-0.2, -0.15) is 0 Å². The monoisotopic (exact) mass is 581 g/mol. The first kappa shape index (κ1) is 28.8. The van der Waals surface area contributed by atoms with Crippen LogP contribution in [0.1, 0.15) is 18.2 Å². The van der Waals surface area contributed by atoms with Gasteiger partial charge < -0.3 is 4.90 Å². The summed E-state index contributed by atoms with van der Waals surface area (Å²) >= 11 is 1.06. The Hall–Kier alpha value is -4.22. The van der Waals surface area contributed by atoms with E-state index < -0.39 is 39.4 Å². The molecule has 0 fully saturated rings. The van der Waals surface area contributed by atoms with E-state index in [9.17, 15) is 26.8 Å². The summed E-state index contributed by atoms with van der Waals surface area (Å²) in [5.74, 6) is -4.66. The molecule has 0 saturated carbocycles. The van der Waals surface area contributed by atoms with Crippen molar-refractivity contribution >= 4 is 44.9 Å². The lowest BCUT2D eigenvalue weighted by molar-refractivity contribution is -0.132. The highest BCUT2D eigenvalue weighted by Crippen LogP contribution is 2.28. The first-order valence-electron chi connectivity index (χ1n) is 12.2. The van der Waals surface area contributed by atoms with Crippen molar-refractivity contribution in [2.75, 3.05) is 11.4 Å². The largest absolute Gasteiger partial charge is 0.312 e. The highest BCUT2D eigenvalue weighted by molar-refractivity contribution is 7.93. The molecular weight excluding hydrogens is 556 g/mol. The Balaban J connectivity index is 1.62. The molecule has 2 amide bonds. The summed E-state index contributed by atoms with van der Waals surface area (Å²) in [7, 11) is -4.25. The average Bonchev–Trinajstić information content (AvgIpc) is 3.40. The van der Waals surface area contributed by atoms with Crippen molar-refractivity contribution in [3.63, 3.8) is 0 Å².